The number of carbonyl (C=O) groups is 1. The van der Waals surface area contributed by atoms with E-state index in [1.165, 1.54) is 11.5 Å². The molecule has 1 saturated carbocycles. The van der Waals surface area contributed by atoms with E-state index in [1.807, 2.05) is 6.92 Å². The van der Waals surface area contributed by atoms with E-state index in [1.54, 1.807) is 0 Å². The Bertz CT molecular complexity index is 336. The van der Waals surface area contributed by atoms with Crippen molar-refractivity contribution in [3.63, 3.8) is 0 Å². The van der Waals surface area contributed by atoms with Gasteiger partial charge in [-0.2, -0.15) is 4.37 Å². The average molecular weight is 197 g/mol. The zero-order valence-electron chi connectivity index (χ0n) is 7.57. The first-order chi connectivity index (χ1) is 6.16. The van der Waals surface area contributed by atoms with Gasteiger partial charge in [0.25, 0.3) is 0 Å². The van der Waals surface area contributed by atoms with Crippen molar-refractivity contribution in [2.24, 2.45) is 11.8 Å². The molecule has 1 aromatic heterocycles. The van der Waals surface area contributed by atoms with E-state index in [0.29, 0.717) is 16.9 Å². The number of anilines is 1. The first kappa shape index (κ1) is 8.62. The fraction of sp³-hybridized carbons (Fsp3) is 0.625. The standard InChI is InChI=1S/C8H11N3OS/c1-4-3-6(4)7(12)10-8-9-5(2)11-13-8/h4,6H,3H2,1-2H3,(H,9,10,11,12). The Morgan fingerprint density at radius 3 is 2.85 bits per heavy atom. The van der Waals surface area contributed by atoms with Crippen LogP contribution in [0.25, 0.3) is 0 Å². The minimum Gasteiger partial charge on any atom is -0.300 e. The van der Waals surface area contributed by atoms with Gasteiger partial charge in [-0.15, -0.1) is 0 Å². The Morgan fingerprint density at radius 1 is 1.69 bits per heavy atom. The van der Waals surface area contributed by atoms with Gasteiger partial charge < -0.3 is 5.32 Å². The molecule has 5 heteroatoms. The molecule has 0 spiro atoms. The van der Waals surface area contributed by atoms with Crippen LogP contribution in [0.15, 0.2) is 0 Å². The molecule has 70 valence electrons. The van der Waals surface area contributed by atoms with E-state index >= 15 is 0 Å². The molecule has 1 heterocycles. The number of hydrogen-bond donors (Lipinski definition) is 1. The molecule has 0 saturated heterocycles. The van der Waals surface area contributed by atoms with E-state index in [2.05, 4.69) is 21.6 Å². The van der Waals surface area contributed by atoms with Crippen molar-refractivity contribution in [1.29, 1.82) is 0 Å². The monoisotopic (exact) mass is 197 g/mol. The van der Waals surface area contributed by atoms with Crippen LogP contribution in [-0.4, -0.2) is 15.3 Å². The Labute approximate surface area is 80.5 Å². The number of rotatable bonds is 2. The van der Waals surface area contributed by atoms with Crippen LogP contribution in [0.1, 0.15) is 19.2 Å². The molecule has 1 N–H and O–H groups in total. The van der Waals surface area contributed by atoms with Gasteiger partial charge in [0.2, 0.25) is 11.0 Å². The van der Waals surface area contributed by atoms with Crippen LogP contribution in [0.4, 0.5) is 5.13 Å². The summed E-state index contributed by atoms with van der Waals surface area (Å²) in [5.41, 5.74) is 0. The van der Waals surface area contributed by atoms with Crippen LogP contribution in [0.3, 0.4) is 0 Å². The number of nitrogens with zero attached hydrogens (tertiary/aromatic N) is 2. The SMILES string of the molecule is Cc1nsc(NC(=O)C2CC2C)n1. The molecule has 0 radical (unpaired) electrons. The van der Waals surface area contributed by atoms with Crippen LogP contribution >= 0.6 is 11.5 Å². The maximum Gasteiger partial charge on any atom is 0.229 e. The van der Waals surface area contributed by atoms with Crippen LogP contribution in [0.5, 0.6) is 0 Å². The normalized spacial score (nSPS) is 25.7. The second-order valence-electron chi connectivity index (χ2n) is 3.46. The number of nitrogens with one attached hydrogen (secondary N) is 1. The van der Waals surface area contributed by atoms with Gasteiger partial charge in [-0.1, -0.05) is 6.92 Å². The summed E-state index contributed by atoms with van der Waals surface area (Å²) in [5.74, 6) is 1.53. The minimum absolute atomic E-state index is 0.0867. The average Bonchev–Trinajstić information content (AvgIpc) is 2.66. The lowest BCUT2D eigenvalue weighted by atomic mass is 10.3. The van der Waals surface area contributed by atoms with Gasteiger partial charge in [0.15, 0.2) is 0 Å². The molecule has 1 aliphatic rings. The molecule has 1 aromatic rings. The van der Waals surface area contributed by atoms with Crippen molar-refractivity contribution < 1.29 is 4.79 Å². The van der Waals surface area contributed by atoms with Gasteiger partial charge in [0.05, 0.1) is 0 Å². The third kappa shape index (κ3) is 1.85. The highest BCUT2D eigenvalue weighted by atomic mass is 32.1. The largest absolute Gasteiger partial charge is 0.300 e. The van der Waals surface area contributed by atoms with Crippen molar-refractivity contribution in [2.75, 3.05) is 5.32 Å². The van der Waals surface area contributed by atoms with Gasteiger partial charge in [0, 0.05) is 17.5 Å². The van der Waals surface area contributed by atoms with E-state index in [-0.39, 0.29) is 11.8 Å². The molecule has 4 nitrogen and oxygen atoms in total. The topological polar surface area (TPSA) is 54.9 Å². The molecule has 1 aliphatic carbocycles. The molecule has 1 fully saturated rings. The van der Waals surface area contributed by atoms with Crippen LogP contribution in [0.2, 0.25) is 0 Å². The second kappa shape index (κ2) is 3.06. The molecule has 0 bridgehead atoms. The summed E-state index contributed by atoms with van der Waals surface area (Å²) in [4.78, 5) is 15.5. The third-order valence-electron chi connectivity index (χ3n) is 2.20. The fourth-order valence-electron chi connectivity index (χ4n) is 1.23. The summed E-state index contributed by atoms with van der Waals surface area (Å²) in [7, 11) is 0. The van der Waals surface area contributed by atoms with Crippen molar-refractivity contribution >= 4 is 22.6 Å². The highest BCUT2D eigenvalue weighted by molar-refractivity contribution is 7.09. The van der Waals surface area contributed by atoms with Crippen molar-refractivity contribution in [3.8, 4) is 0 Å². The summed E-state index contributed by atoms with van der Waals surface area (Å²) in [6.07, 6.45) is 1.00. The predicted molar refractivity (Wildman–Crippen MR) is 50.5 cm³/mol. The molecule has 13 heavy (non-hydrogen) atoms. The van der Waals surface area contributed by atoms with Crippen LogP contribution < -0.4 is 5.32 Å². The molecule has 0 aromatic carbocycles. The molecule has 2 atom stereocenters. The first-order valence-corrected chi connectivity index (χ1v) is 5.05. The summed E-state index contributed by atoms with van der Waals surface area (Å²) in [6, 6.07) is 0. The van der Waals surface area contributed by atoms with Gasteiger partial charge in [-0.25, -0.2) is 4.98 Å². The molecular weight excluding hydrogens is 186 g/mol. The third-order valence-corrected chi connectivity index (χ3v) is 2.93. The highest BCUT2D eigenvalue weighted by Crippen LogP contribution is 2.38. The maximum atomic E-state index is 11.4. The number of amides is 1. The molecule has 0 aliphatic heterocycles. The lowest BCUT2D eigenvalue weighted by molar-refractivity contribution is -0.117. The Balaban J connectivity index is 1.95. The number of carbonyl (C=O) groups excluding carboxylic acids is 1. The summed E-state index contributed by atoms with van der Waals surface area (Å²) in [6.45, 7) is 3.89. The summed E-state index contributed by atoms with van der Waals surface area (Å²) >= 11 is 1.23. The Morgan fingerprint density at radius 2 is 2.38 bits per heavy atom. The quantitative estimate of drug-likeness (QED) is 0.780. The second-order valence-corrected chi connectivity index (χ2v) is 4.21. The zero-order chi connectivity index (χ0) is 9.42. The van der Waals surface area contributed by atoms with Gasteiger partial charge in [-0.3, -0.25) is 4.79 Å². The first-order valence-electron chi connectivity index (χ1n) is 4.28. The lowest BCUT2D eigenvalue weighted by Gasteiger charge is -1.97. The van der Waals surface area contributed by atoms with E-state index in [4.69, 9.17) is 0 Å². The summed E-state index contributed by atoms with van der Waals surface area (Å²) < 4.78 is 3.98. The maximum absolute atomic E-state index is 11.4. The minimum atomic E-state index is 0.0867. The van der Waals surface area contributed by atoms with Gasteiger partial charge >= 0.3 is 0 Å². The van der Waals surface area contributed by atoms with Crippen LogP contribution in [-0.2, 0) is 4.79 Å². The molecular formula is C8H11N3OS. The van der Waals surface area contributed by atoms with Gasteiger partial charge in [0.1, 0.15) is 5.82 Å². The van der Waals surface area contributed by atoms with E-state index in [0.717, 1.165) is 6.42 Å². The highest BCUT2D eigenvalue weighted by Gasteiger charge is 2.39. The van der Waals surface area contributed by atoms with E-state index in [9.17, 15) is 4.79 Å². The lowest BCUT2D eigenvalue weighted by Crippen LogP contribution is -2.14. The van der Waals surface area contributed by atoms with E-state index < -0.39 is 0 Å². The zero-order valence-corrected chi connectivity index (χ0v) is 8.39. The molecule has 2 rings (SSSR count). The smallest absolute Gasteiger partial charge is 0.229 e. The Hall–Kier alpha value is -0.970. The fourth-order valence-corrected chi connectivity index (χ4v) is 1.81. The van der Waals surface area contributed by atoms with Crippen molar-refractivity contribution in [3.05, 3.63) is 5.82 Å². The Kier molecular flexibility index (Phi) is 2.03. The molecule has 2 unspecified atom stereocenters. The predicted octanol–water partition coefficient (Wildman–Crippen LogP) is 1.44. The number of hydrogen-bond acceptors (Lipinski definition) is 4. The number of aromatic nitrogens is 2. The van der Waals surface area contributed by atoms with Crippen molar-refractivity contribution in [2.45, 2.75) is 20.3 Å². The van der Waals surface area contributed by atoms with Crippen molar-refractivity contribution in [1.82, 2.24) is 9.36 Å². The number of aryl methyl sites for hydroxylation is 1. The summed E-state index contributed by atoms with van der Waals surface area (Å²) in [5, 5.41) is 3.37. The molecule has 1 amide bonds. The van der Waals surface area contributed by atoms with Crippen LogP contribution in [0, 0.1) is 18.8 Å². The van der Waals surface area contributed by atoms with Gasteiger partial charge in [-0.05, 0) is 19.3 Å².